The molecule has 1 unspecified atom stereocenters. The van der Waals surface area contributed by atoms with E-state index in [0.717, 1.165) is 43.1 Å². The molecule has 2 aliphatic rings. The monoisotopic (exact) mass is 351 g/mol. The first kappa shape index (κ1) is 16.5. The summed E-state index contributed by atoms with van der Waals surface area (Å²) in [6.07, 6.45) is 5.35. The third kappa shape index (κ3) is 3.37. The molecule has 1 atom stereocenters. The zero-order valence-electron chi connectivity index (χ0n) is 14.4. The van der Waals surface area contributed by atoms with Crippen molar-refractivity contribution in [2.24, 2.45) is 0 Å². The maximum Gasteiger partial charge on any atom is 0.228 e. The Hall–Kier alpha value is -2.96. The highest BCUT2D eigenvalue weighted by Crippen LogP contribution is 2.32. The van der Waals surface area contributed by atoms with Crippen LogP contribution in [-0.4, -0.2) is 40.9 Å². The van der Waals surface area contributed by atoms with Crippen LogP contribution >= 0.6 is 0 Å². The number of nitrogens with one attached hydrogen (secondary N) is 2. The van der Waals surface area contributed by atoms with Gasteiger partial charge in [-0.3, -0.25) is 9.59 Å². The van der Waals surface area contributed by atoms with Crippen molar-refractivity contribution in [3.8, 4) is 0 Å². The number of piperidine rings is 1. The highest BCUT2D eigenvalue weighted by atomic mass is 16.2. The molecule has 7 nitrogen and oxygen atoms in total. The van der Waals surface area contributed by atoms with Crippen LogP contribution in [0.5, 0.6) is 0 Å². The van der Waals surface area contributed by atoms with E-state index < -0.39 is 5.92 Å². The number of hydrogen-bond acceptors (Lipinski definition) is 5. The number of carbonyl (C=O) groups is 2. The van der Waals surface area contributed by atoms with Crippen LogP contribution in [0.2, 0.25) is 0 Å². The first-order valence-electron chi connectivity index (χ1n) is 8.92. The second-order valence-corrected chi connectivity index (χ2v) is 6.71. The minimum atomic E-state index is -0.421. The predicted molar refractivity (Wildman–Crippen MR) is 97.8 cm³/mol. The van der Waals surface area contributed by atoms with E-state index >= 15 is 0 Å². The Labute approximate surface area is 151 Å². The summed E-state index contributed by atoms with van der Waals surface area (Å²) in [5, 5.41) is 5.97. The quantitative estimate of drug-likeness (QED) is 0.879. The van der Waals surface area contributed by atoms with Crippen molar-refractivity contribution in [3.05, 3.63) is 48.3 Å². The summed E-state index contributed by atoms with van der Waals surface area (Å²) in [7, 11) is 0. The molecule has 2 N–H and O–H groups in total. The van der Waals surface area contributed by atoms with E-state index in [2.05, 4.69) is 25.5 Å². The fourth-order valence-corrected chi connectivity index (χ4v) is 3.63. The Balaban J connectivity index is 1.38. The van der Waals surface area contributed by atoms with Crippen LogP contribution in [-0.2, 0) is 9.59 Å². The van der Waals surface area contributed by atoms with Crippen LogP contribution in [0.1, 0.15) is 30.7 Å². The first-order valence-corrected chi connectivity index (χ1v) is 8.92. The molecule has 2 amide bonds. The van der Waals surface area contributed by atoms with E-state index in [1.54, 1.807) is 18.5 Å². The standard InChI is InChI=1S/C19H21N5O2/c25-17-12-15(14-4-1-2-5-16(14)23-17)18(26)22-13-6-10-24(11-7-13)19-20-8-3-9-21-19/h1-5,8-9,13,15H,6-7,10-12H2,(H,22,26)(H,23,25). The number of amides is 2. The summed E-state index contributed by atoms with van der Waals surface area (Å²) in [6.45, 7) is 1.60. The number of hydrogen-bond donors (Lipinski definition) is 2. The Bertz CT molecular complexity index is 803. The molecule has 1 fully saturated rings. The summed E-state index contributed by atoms with van der Waals surface area (Å²) in [4.78, 5) is 35.4. The SMILES string of the molecule is O=C1CC(C(=O)NC2CCN(c3ncccn3)CC2)c2ccccc2N1. The summed E-state index contributed by atoms with van der Waals surface area (Å²) < 4.78 is 0. The molecule has 2 aromatic rings. The second-order valence-electron chi connectivity index (χ2n) is 6.71. The van der Waals surface area contributed by atoms with Gasteiger partial charge in [0.25, 0.3) is 0 Å². The number of benzene rings is 1. The van der Waals surface area contributed by atoms with Crippen molar-refractivity contribution in [1.29, 1.82) is 0 Å². The van der Waals surface area contributed by atoms with Gasteiger partial charge in [0.15, 0.2) is 0 Å². The van der Waals surface area contributed by atoms with E-state index in [0.29, 0.717) is 0 Å². The molecule has 2 aliphatic heterocycles. The topological polar surface area (TPSA) is 87.2 Å². The van der Waals surface area contributed by atoms with E-state index in [4.69, 9.17) is 0 Å². The van der Waals surface area contributed by atoms with Crippen molar-refractivity contribution in [2.45, 2.75) is 31.2 Å². The van der Waals surface area contributed by atoms with Crippen LogP contribution in [0.3, 0.4) is 0 Å². The largest absolute Gasteiger partial charge is 0.353 e. The lowest BCUT2D eigenvalue weighted by molar-refractivity contribution is -0.127. The van der Waals surface area contributed by atoms with Gasteiger partial charge in [-0.05, 0) is 30.5 Å². The van der Waals surface area contributed by atoms with E-state index in [1.165, 1.54) is 0 Å². The molecule has 0 aliphatic carbocycles. The molecule has 3 heterocycles. The maximum atomic E-state index is 12.8. The molecule has 1 aromatic carbocycles. The Morgan fingerprint density at radius 2 is 1.85 bits per heavy atom. The number of fused-ring (bicyclic) bond motifs is 1. The molecule has 1 saturated heterocycles. The maximum absolute atomic E-state index is 12.8. The third-order valence-electron chi connectivity index (χ3n) is 4.99. The molecule has 1 aromatic heterocycles. The molecule has 26 heavy (non-hydrogen) atoms. The molecule has 7 heteroatoms. The summed E-state index contributed by atoms with van der Waals surface area (Å²) in [5.41, 5.74) is 1.62. The van der Waals surface area contributed by atoms with Crippen molar-refractivity contribution in [1.82, 2.24) is 15.3 Å². The highest BCUT2D eigenvalue weighted by Gasteiger charge is 2.32. The third-order valence-corrected chi connectivity index (χ3v) is 4.99. The van der Waals surface area contributed by atoms with Crippen molar-refractivity contribution < 1.29 is 9.59 Å². The van der Waals surface area contributed by atoms with E-state index in [9.17, 15) is 9.59 Å². The van der Waals surface area contributed by atoms with Gasteiger partial charge < -0.3 is 15.5 Å². The predicted octanol–water partition coefficient (Wildman–Crippen LogP) is 1.69. The fourth-order valence-electron chi connectivity index (χ4n) is 3.63. The molecule has 0 saturated carbocycles. The lowest BCUT2D eigenvalue weighted by Gasteiger charge is -2.33. The number of rotatable bonds is 3. The number of para-hydroxylation sites is 1. The Morgan fingerprint density at radius 1 is 1.12 bits per heavy atom. The van der Waals surface area contributed by atoms with Crippen LogP contribution < -0.4 is 15.5 Å². The number of carbonyl (C=O) groups excluding carboxylic acids is 2. The zero-order chi connectivity index (χ0) is 17.9. The average Bonchev–Trinajstić information content (AvgIpc) is 2.68. The number of nitrogens with zero attached hydrogens (tertiary/aromatic N) is 3. The van der Waals surface area contributed by atoms with Crippen LogP contribution in [0.15, 0.2) is 42.7 Å². The minimum Gasteiger partial charge on any atom is -0.353 e. The molecular weight excluding hydrogens is 330 g/mol. The van der Waals surface area contributed by atoms with Gasteiger partial charge in [-0.15, -0.1) is 0 Å². The highest BCUT2D eigenvalue weighted by molar-refractivity contribution is 6.01. The first-order chi connectivity index (χ1) is 12.7. The lowest BCUT2D eigenvalue weighted by Crippen LogP contribution is -2.47. The van der Waals surface area contributed by atoms with E-state index in [-0.39, 0.29) is 24.3 Å². The summed E-state index contributed by atoms with van der Waals surface area (Å²) in [6, 6.07) is 9.42. The zero-order valence-corrected chi connectivity index (χ0v) is 14.4. The minimum absolute atomic E-state index is 0.0679. The molecular formula is C19H21N5O2. The number of aromatic nitrogens is 2. The van der Waals surface area contributed by atoms with Gasteiger partial charge in [-0.1, -0.05) is 18.2 Å². The number of anilines is 2. The van der Waals surface area contributed by atoms with Gasteiger partial charge in [0.2, 0.25) is 17.8 Å². The smallest absolute Gasteiger partial charge is 0.228 e. The van der Waals surface area contributed by atoms with Crippen LogP contribution in [0.25, 0.3) is 0 Å². The van der Waals surface area contributed by atoms with Gasteiger partial charge in [0, 0.05) is 43.6 Å². The van der Waals surface area contributed by atoms with Gasteiger partial charge in [-0.2, -0.15) is 0 Å². The van der Waals surface area contributed by atoms with Crippen LogP contribution in [0.4, 0.5) is 11.6 Å². The fraction of sp³-hybridized carbons (Fsp3) is 0.368. The van der Waals surface area contributed by atoms with Crippen molar-refractivity contribution in [2.75, 3.05) is 23.3 Å². The second kappa shape index (κ2) is 7.11. The average molecular weight is 351 g/mol. The Kier molecular flexibility index (Phi) is 4.51. The van der Waals surface area contributed by atoms with Crippen molar-refractivity contribution >= 4 is 23.5 Å². The Morgan fingerprint density at radius 3 is 2.62 bits per heavy atom. The van der Waals surface area contributed by atoms with Crippen molar-refractivity contribution in [3.63, 3.8) is 0 Å². The molecule has 4 rings (SSSR count). The molecule has 0 radical (unpaired) electrons. The summed E-state index contributed by atoms with van der Waals surface area (Å²) >= 11 is 0. The van der Waals surface area contributed by atoms with Gasteiger partial charge in [-0.25, -0.2) is 9.97 Å². The van der Waals surface area contributed by atoms with Crippen LogP contribution in [0, 0.1) is 0 Å². The van der Waals surface area contributed by atoms with Gasteiger partial charge >= 0.3 is 0 Å². The lowest BCUT2D eigenvalue weighted by atomic mass is 9.89. The van der Waals surface area contributed by atoms with Gasteiger partial charge in [0.05, 0.1) is 5.92 Å². The molecule has 0 bridgehead atoms. The summed E-state index contributed by atoms with van der Waals surface area (Å²) in [5.74, 6) is 0.132. The molecule has 0 spiro atoms. The normalized spacial score (nSPS) is 20.2. The molecule has 134 valence electrons. The van der Waals surface area contributed by atoms with Gasteiger partial charge in [0.1, 0.15) is 0 Å². The van der Waals surface area contributed by atoms with E-state index in [1.807, 2.05) is 24.3 Å².